The second kappa shape index (κ2) is 6.72. The number of carbonyl (C=O) groups is 1. The van der Waals surface area contributed by atoms with Gasteiger partial charge in [0.1, 0.15) is 22.7 Å². The fourth-order valence-electron chi connectivity index (χ4n) is 2.61. The predicted molar refractivity (Wildman–Crippen MR) is 96.1 cm³/mol. The van der Waals surface area contributed by atoms with Gasteiger partial charge in [-0.15, -0.1) is 0 Å². The number of aryl methyl sites for hydroxylation is 1. The fraction of sp³-hybridized carbons (Fsp3) is 0.167. The molecule has 2 aromatic carbocycles. The van der Waals surface area contributed by atoms with Crippen molar-refractivity contribution in [3.05, 3.63) is 53.8 Å². The Morgan fingerprint density at radius 2 is 1.77 bits per heavy atom. The molecule has 0 fully saturated rings. The van der Waals surface area contributed by atoms with Crippen molar-refractivity contribution < 1.29 is 27.1 Å². The van der Waals surface area contributed by atoms with Crippen LogP contribution in [0.1, 0.15) is 16.1 Å². The second-order valence-electron chi connectivity index (χ2n) is 5.52. The molecule has 0 radical (unpaired) electrons. The number of hydrogen-bond donors (Lipinski definition) is 1. The van der Waals surface area contributed by atoms with Crippen LogP contribution in [0.5, 0.6) is 5.75 Å². The van der Waals surface area contributed by atoms with Crippen molar-refractivity contribution in [1.82, 2.24) is 0 Å². The molecule has 26 heavy (non-hydrogen) atoms. The van der Waals surface area contributed by atoms with Crippen LogP contribution >= 0.6 is 0 Å². The van der Waals surface area contributed by atoms with Gasteiger partial charge in [-0.2, -0.15) is 0 Å². The first-order chi connectivity index (χ1) is 12.4. The van der Waals surface area contributed by atoms with Crippen molar-refractivity contribution in [3.8, 4) is 5.75 Å². The highest BCUT2D eigenvalue weighted by Crippen LogP contribution is 2.29. The summed E-state index contributed by atoms with van der Waals surface area (Å²) in [5.74, 6) is 0.417. The number of nitrogens with one attached hydrogen (secondary N) is 1. The largest absolute Gasteiger partial charge is 0.497 e. The van der Waals surface area contributed by atoms with Crippen molar-refractivity contribution in [1.29, 1.82) is 0 Å². The molecule has 0 spiro atoms. The summed E-state index contributed by atoms with van der Waals surface area (Å²) in [6.07, 6.45) is 0. The minimum absolute atomic E-state index is 0.0926. The Kier molecular flexibility index (Phi) is 4.60. The zero-order valence-electron chi connectivity index (χ0n) is 14.4. The maximum Gasteiger partial charge on any atom is 0.342 e. The van der Waals surface area contributed by atoms with E-state index >= 15 is 0 Å². The van der Waals surface area contributed by atoms with Crippen LogP contribution in [0.25, 0.3) is 11.0 Å². The summed E-state index contributed by atoms with van der Waals surface area (Å²) < 4.78 is 42.9. The van der Waals surface area contributed by atoms with E-state index in [-0.39, 0.29) is 10.5 Å². The number of hydrogen-bond acceptors (Lipinski definition) is 6. The van der Waals surface area contributed by atoms with Crippen molar-refractivity contribution in [2.75, 3.05) is 18.9 Å². The van der Waals surface area contributed by atoms with Gasteiger partial charge < -0.3 is 13.9 Å². The molecule has 1 heterocycles. The number of methoxy groups -OCH3 is 2. The van der Waals surface area contributed by atoms with Crippen LogP contribution in [-0.4, -0.2) is 28.6 Å². The highest BCUT2D eigenvalue weighted by Gasteiger charge is 2.20. The second-order valence-corrected chi connectivity index (χ2v) is 7.20. The van der Waals surface area contributed by atoms with Crippen LogP contribution in [0.2, 0.25) is 0 Å². The average Bonchev–Trinajstić information content (AvgIpc) is 2.96. The average molecular weight is 375 g/mol. The first-order valence-corrected chi connectivity index (χ1v) is 9.12. The molecule has 0 unspecified atom stereocenters. The first kappa shape index (κ1) is 17.8. The molecule has 1 aromatic heterocycles. The summed E-state index contributed by atoms with van der Waals surface area (Å²) in [6, 6.07) is 10.7. The van der Waals surface area contributed by atoms with Gasteiger partial charge in [-0.05, 0) is 49.4 Å². The van der Waals surface area contributed by atoms with E-state index < -0.39 is 16.0 Å². The Balaban J connectivity index is 1.98. The Hall–Kier alpha value is -3.00. The molecule has 136 valence electrons. The standard InChI is InChI=1S/C18H17NO6S/c1-11-17(18(20)24-3)15-10-12(4-9-16(15)25-11)19-26(21,22)14-7-5-13(23-2)6-8-14/h4-10,19H,1-3H3. The van der Waals surface area contributed by atoms with E-state index in [1.54, 1.807) is 37.3 Å². The van der Waals surface area contributed by atoms with Crippen LogP contribution in [0.3, 0.4) is 0 Å². The van der Waals surface area contributed by atoms with E-state index in [1.165, 1.54) is 26.4 Å². The normalized spacial score (nSPS) is 11.3. The van der Waals surface area contributed by atoms with Gasteiger partial charge >= 0.3 is 5.97 Å². The van der Waals surface area contributed by atoms with Crippen molar-refractivity contribution in [2.45, 2.75) is 11.8 Å². The van der Waals surface area contributed by atoms with E-state index in [4.69, 9.17) is 13.9 Å². The lowest BCUT2D eigenvalue weighted by Crippen LogP contribution is -2.12. The van der Waals surface area contributed by atoms with Gasteiger partial charge in [-0.1, -0.05) is 0 Å². The zero-order valence-corrected chi connectivity index (χ0v) is 15.2. The molecule has 0 aliphatic heterocycles. The van der Waals surface area contributed by atoms with E-state index in [0.29, 0.717) is 28.2 Å². The topological polar surface area (TPSA) is 94.8 Å². The SMILES string of the molecule is COC(=O)c1c(C)oc2ccc(NS(=O)(=O)c3ccc(OC)cc3)cc12. The van der Waals surface area contributed by atoms with Gasteiger partial charge in [0.2, 0.25) is 0 Å². The number of anilines is 1. The minimum atomic E-state index is -3.79. The third-order valence-corrected chi connectivity index (χ3v) is 5.27. The molecule has 0 aliphatic carbocycles. The molecule has 7 nitrogen and oxygen atoms in total. The maximum atomic E-state index is 12.6. The van der Waals surface area contributed by atoms with Crippen LogP contribution in [-0.2, 0) is 14.8 Å². The highest BCUT2D eigenvalue weighted by molar-refractivity contribution is 7.92. The van der Waals surface area contributed by atoms with Gasteiger partial charge in [0, 0.05) is 11.1 Å². The monoisotopic (exact) mass is 375 g/mol. The molecule has 0 aliphatic rings. The lowest BCUT2D eigenvalue weighted by molar-refractivity contribution is 0.0600. The first-order valence-electron chi connectivity index (χ1n) is 7.64. The Bertz CT molecular complexity index is 1070. The summed E-state index contributed by atoms with van der Waals surface area (Å²) in [5.41, 5.74) is 1.04. The number of esters is 1. The van der Waals surface area contributed by atoms with Crippen LogP contribution < -0.4 is 9.46 Å². The summed E-state index contributed by atoms with van der Waals surface area (Å²) in [4.78, 5) is 12.0. The summed E-state index contributed by atoms with van der Waals surface area (Å²) >= 11 is 0. The summed E-state index contributed by atoms with van der Waals surface area (Å²) in [5, 5.41) is 0.476. The van der Waals surface area contributed by atoms with E-state index in [1.807, 2.05) is 0 Å². The number of benzene rings is 2. The number of rotatable bonds is 5. The van der Waals surface area contributed by atoms with Crippen molar-refractivity contribution in [3.63, 3.8) is 0 Å². The number of ether oxygens (including phenoxy) is 2. The van der Waals surface area contributed by atoms with Crippen LogP contribution in [0.15, 0.2) is 51.8 Å². The minimum Gasteiger partial charge on any atom is -0.497 e. The predicted octanol–water partition coefficient (Wildman–Crippen LogP) is 3.34. The zero-order chi connectivity index (χ0) is 18.9. The number of fused-ring (bicyclic) bond motifs is 1. The summed E-state index contributed by atoms with van der Waals surface area (Å²) in [6.45, 7) is 1.65. The van der Waals surface area contributed by atoms with Crippen LogP contribution in [0.4, 0.5) is 5.69 Å². The number of sulfonamides is 1. The number of carbonyl (C=O) groups excluding carboxylic acids is 1. The Morgan fingerprint density at radius 3 is 2.38 bits per heavy atom. The van der Waals surface area contributed by atoms with E-state index in [9.17, 15) is 13.2 Å². The summed E-state index contributed by atoms with van der Waals surface area (Å²) in [7, 11) is -1.01. The van der Waals surface area contributed by atoms with Crippen molar-refractivity contribution >= 4 is 32.6 Å². The van der Waals surface area contributed by atoms with E-state index in [2.05, 4.69) is 4.72 Å². The molecular weight excluding hydrogens is 358 g/mol. The molecule has 0 amide bonds. The fourth-order valence-corrected chi connectivity index (χ4v) is 3.66. The molecule has 3 aromatic rings. The quantitative estimate of drug-likeness (QED) is 0.687. The highest BCUT2D eigenvalue weighted by atomic mass is 32.2. The maximum absolute atomic E-state index is 12.6. The molecule has 8 heteroatoms. The number of furan rings is 1. The van der Waals surface area contributed by atoms with Gasteiger partial charge in [-0.25, -0.2) is 13.2 Å². The lowest BCUT2D eigenvalue weighted by atomic mass is 10.1. The van der Waals surface area contributed by atoms with Crippen LogP contribution in [0, 0.1) is 6.92 Å². The van der Waals surface area contributed by atoms with E-state index in [0.717, 1.165) is 0 Å². The molecule has 1 N–H and O–H groups in total. The third-order valence-electron chi connectivity index (χ3n) is 3.88. The molecule has 0 saturated heterocycles. The van der Waals surface area contributed by atoms with Gasteiger partial charge in [0.05, 0.1) is 19.1 Å². The molecule has 0 bridgehead atoms. The molecule has 0 saturated carbocycles. The lowest BCUT2D eigenvalue weighted by Gasteiger charge is -2.09. The van der Waals surface area contributed by atoms with Gasteiger partial charge in [0.25, 0.3) is 10.0 Å². The third kappa shape index (κ3) is 3.23. The Labute approximate surface area is 150 Å². The Morgan fingerprint density at radius 1 is 1.08 bits per heavy atom. The van der Waals surface area contributed by atoms with Crippen molar-refractivity contribution in [2.24, 2.45) is 0 Å². The molecule has 0 atom stereocenters. The molecular formula is C18H17NO6S. The molecule has 3 rings (SSSR count). The smallest absolute Gasteiger partial charge is 0.342 e. The van der Waals surface area contributed by atoms with Gasteiger partial charge in [-0.3, -0.25) is 4.72 Å². The van der Waals surface area contributed by atoms with Gasteiger partial charge in [0.15, 0.2) is 0 Å².